The van der Waals surface area contributed by atoms with E-state index >= 15 is 0 Å². The molecule has 3 nitrogen and oxygen atoms in total. The fraction of sp³-hybridized carbons (Fsp3) is 0.111. The fourth-order valence-electron chi connectivity index (χ4n) is 0.783. The molecule has 0 saturated carbocycles. The molecule has 0 aromatic heterocycles. The van der Waals surface area contributed by atoms with Gasteiger partial charge in [-0.15, -0.1) is 0 Å². The van der Waals surface area contributed by atoms with Gasteiger partial charge < -0.3 is 15.3 Å². The van der Waals surface area contributed by atoms with E-state index < -0.39 is 6.29 Å². The molecule has 0 fully saturated rings. The monoisotopic (exact) mass is 166 g/mol. The molecule has 3 N–H and O–H groups in total. The SMILES string of the molecule is Oc1ccc(/C=C/C(O)O)cc1. The summed E-state index contributed by atoms with van der Waals surface area (Å²) in [5.74, 6) is 0.191. The first-order chi connectivity index (χ1) is 5.68. The lowest BCUT2D eigenvalue weighted by Gasteiger charge is -1.95. The number of phenolic OH excluding ortho intramolecular Hbond substituents is 1. The van der Waals surface area contributed by atoms with Gasteiger partial charge in [0.1, 0.15) is 5.75 Å². The Hall–Kier alpha value is -1.32. The van der Waals surface area contributed by atoms with E-state index in [1.54, 1.807) is 18.2 Å². The summed E-state index contributed by atoms with van der Waals surface area (Å²) in [5.41, 5.74) is 0.806. The largest absolute Gasteiger partial charge is 0.508 e. The highest BCUT2D eigenvalue weighted by atomic mass is 16.5. The molecule has 1 rings (SSSR count). The Morgan fingerprint density at radius 3 is 2.17 bits per heavy atom. The second-order valence-electron chi connectivity index (χ2n) is 2.36. The molecule has 0 atom stereocenters. The Labute approximate surface area is 70.2 Å². The molecule has 0 bridgehead atoms. The molecule has 12 heavy (non-hydrogen) atoms. The average Bonchev–Trinajstić information content (AvgIpc) is 2.03. The van der Waals surface area contributed by atoms with Gasteiger partial charge in [0, 0.05) is 0 Å². The normalized spacial score (nSPS) is 11.2. The number of aromatic hydroxyl groups is 1. The van der Waals surface area contributed by atoms with Crippen LogP contribution in [-0.2, 0) is 0 Å². The van der Waals surface area contributed by atoms with Crippen LogP contribution in [0.25, 0.3) is 6.08 Å². The third-order valence-electron chi connectivity index (χ3n) is 1.35. The lowest BCUT2D eigenvalue weighted by atomic mass is 10.2. The molecule has 1 aromatic carbocycles. The van der Waals surface area contributed by atoms with Gasteiger partial charge in [-0.1, -0.05) is 18.2 Å². The minimum atomic E-state index is -1.43. The topological polar surface area (TPSA) is 60.7 Å². The second-order valence-corrected chi connectivity index (χ2v) is 2.36. The van der Waals surface area contributed by atoms with Gasteiger partial charge in [0.25, 0.3) is 0 Å². The highest BCUT2D eigenvalue weighted by Gasteiger charge is 1.89. The van der Waals surface area contributed by atoms with Gasteiger partial charge in [-0.25, -0.2) is 0 Å². The number of aliphatic hydroxyl groups is 2. The highest BCUT2D eigenvalue weighted by molar-refractivity contribution is 5.50. The Kier molecular flexibility index (Phi) is 2.85. The first-order valence-corrected chi connectivity index (χ1v) is 3.52. The van der Waals surface area contributed by atoms with Gasteiger partial charge in [-0.2, -0.15) is 0 Å². The van der Waals surface area contributed by atoms with Gasteiger partial charge >= 0.3 is 0 Å². The summed E-state index contributed by atoms with van der Waals surface area (Å²) >= 11 is 0. The van der Waals surface area contributed by atoms with Crippen LogP contribution in [-0.4, -0.2) is 21.6 Å². The van der Waals surface area contributed by atoms with Crippen LogP contribution in [0.2, 0.25) is 0 Å². The lowest BCUT2D eigenvalue weighted by Crippen LogP contribution is -1.96. The standard InChI is InChI=1S/C9H10O3/c10-8-4-1-7(2-5-8)3-6-9(11)12/h1-6,9-12H/b6-3+. The van der Waals surface area contributed by atoms with Crippen molar-refractivity contribution >= 4 is 6.08 Å². The predicted molar refractivity (Wildman–Crippen MR) is 45.4 cm³/mol. The van der Waals surface area contributed by atoms with E-state index in [2.05, 4.69) is 0 Å². The molecular formula is C9H10O3. The van der Waals surface area contributed by atoms with Crippen LogP contribution in [0, 0.1) is 0 Å². The smallest absolute Gasteiger partial charge is 0.171 e. The second kappa shape index (κ2) is 3.90. The molecular weight excluding hydrogens is 156 g/mol. The number of aliphatic hydroxyl groups excluding tert-OH is 1. The van der Waals surface area contributed by atoms with Crippen molar-refractivity contribution in [1.82, 2.24) is 0 Å². The van der Waals surface area contributed by atoms with Crippen LogP contribution in [0.15, 0.2) is 30.3 Å². The summed E-state index contributed by atoms with van der Waals surface area (Å²) < 4.78 is 0. The van der Waals surface area contributed by atoms with Gasteiger partial charge in [-0.05, 0) is 23.8 Å². The molecule has 0 spiro atoms. The van der Waals surface area contributed by atoms with Crippen LogP contribution in [0.1, 0.15) is 5.56 Å². The van der Waals surface area contributed by atoms with Crippen LogP contribution in [0.4, 0.5) is 0 Å². The minimum Gasteiger partial charge on any atom is -0.508 e. The maximum absolute atomic E-state index is 8.91. The summed E-state index contributed by atoms with van der Waals surface area (Å²) in [6.07, 6.45) is 1.37. The first kappa shape index (κ1) is 8.77. The van der Waals surface area contributed by atoms with E-state index in [-0.39, 0.29) is 5.75 Å². The molecule has 1 aromatic rings. The third-order valence-corrected chi connectivity index (χ3v) is 1.35. The summed E-state index contributed by atoms with van der Waals surface area (Å²) in [5, 5.41) is 25.9. The van der Waals surface area contributed by atoms with E-state index in [1.807, 2.05) is 0 Å². The van der Waals surface area contributed by atoms with E-state index in [4.69, 9.17) is 15.3 Å². The van der Waals surface area contributed by atoms with Crippen molar-refractivity contribution in [3.8, 4) is 5.75 Å². The molecule has 0 amide bonds. The molecule has 3 heteroatoms. The zero-order chi connectivity index (χ0) is 8.97. The highest BCUT2D eigenvalue weighted by Crippen LogP contribution is 2.10. The molecule has 0 heterocycles. The average molecular weight is 166 g/mol. The van der Waals surface area contributed by atoms with Crippen molar-refractivity contribution < 1.29 is 15.3 Å². The van der Waals surface area contributed by atoms with Crippen molar-refractivity contribution in [3.05, 3.63) is 35.9 Å². The van der Waals surface area contributed by atoms with Gasteiger partial charge in [-0.3, -0.25) is 0 Å². The number of rotatable bonds is 2. The van der Waals surface area contributed by atoms with E-state index in [0.717, 1.165) is 5.56 Å². The molecule has 0 unspecified atom stereocenters. The molecule has 0 saturated heterocycles. The lowest BCUT2D eigenvalue weighted by molar-refractivity contribution is 0.00304. The summed E-state index contributed by atoms with van der Waals surface area (Å²) in [6, 6.07) is 6.41. The maximum Gasteiger partial charge on any atom is 0.171 e. The first-order valence-electron chi connectivity index (χ1n) is 3.52. The molecule has 0 aliphatic heterocycles. The van der Waals surface area contributed by atoms with Gasteiger partial charge in [0.2, 0.25) is 0 Å². The number of hydrogen-bond donors (Lipinski definition) is 3. The number of benzene rings is 1. The van der Waals surface area contributed by atoms with E-state index in [9.17, 15) is 0 Å². The molecule has 64 valence electrons. The Morgan fingerprint density at radius 2 is 1.67 bits per heavy atom. The van der Waals surface area contributed by atoms with Crippen molar-refractivity contribution in [3.63, 3.8) is 0 Å². The Balaban J connectivity index is 2.71. The van der Waals surface area contributed by atoms with Crippen LogP contribution < -0.4 is 0 Å². The van der Waals surface area contributed by atoms with Crippen molar-refractivity contribution in [1.29, 1.82) is 0 Å². The van der Waals surface area contributed by atoms with Crippen LogP contribution in [0.3, 0.4) is 0 Å². The van der Waals surface area contributed by atoms with Gasteiger partial charge in [0.15, 0.2) is 6.29 Å². The van der Waals surface area contributed by atoms with Crippen molar-refractivity contribution in [2.75, 3.05) is 0 Å². The fourth-order valence-corrected chi connectivity index (χ4v) is 0.783. The molecule has 0 aliphatic carbocycles. The zero-order valence-electron chi connectivity index (χ0n) is 6.38. The zero-order valence-corrected chi connectivity index (χ0v) is 6.38. The van der Waals surface area contributed by atoms with Crippen molar-refractivity contribution in [2.24, 2.45) is 0 Å². The van der Waals surface area contributed by atoms with Crippen LogP contribution >= 0.6 is 0 Å². The van der Waals surface area contributed by atoms with Gasteiger partial charge in [0.05, 0.1) is 0 Å². The van der Waals surface area contributed by atoms with E-state index in [1.165, 1.54) is 18.2 Å². The molecule has 0 radical (unpaired) electrons. The number of phenols is 1. The van der Waals surface area contributed by atoms with Crippen molar-refractivity contribution in [2.45, 2.75) is 6.29 Å². The van der Waals surface area contributed by atoms with E-state index in [0.29, 0.717) is 0 Å². The summed E-state index contributed by atoms with van der Waals surface area (Å²) in [4.78, 5) is 0. The third kappa shape index (κ3) is 2.74. The maximum atomic E-state index is 8.91. The number of hydrogen-bond acceptors (Lipinski definition) is 3. The minimum absolute atomic E-state index is 0.191. The quantitative estimate of drug-likeness (QED) is 0.567. The Bertz CT molecular complexity index is 262. The van der Waals surface area contributed by atoms with Crippen LogP contribution in [0.5, 0.6) is 5.75 Å². The Morgan fingerprint density at radius 1 is 1.08 bits per heavy atom. The predicted octanol–water partition coefficient (Wildman–Crippen LogP) is 0.716. The summed E-state index contributed by atoms with van der Waals surface area (Å²) in [6.45, 7) is 0. The summed E-state index contributed by atoms with van der Waals surface area (Å²) in [7, 11) is 0. The molecule has 0 aliphatic rings.